The van der Waals surface area contributed by atoms with Crippen LogP contribution in [0.25, 0.3) is 11.3 Å². The molecule has 100 valence electrons. The van der Waals surface area contributed by atoms with E-state index in [1.165, 1.54) is 30.6 Å². The molecule has 2 aromatic rings. The van der Waals surface area contributed by atoms with Crippen molar-refractivity contribution in [3.63, 3.8) is 0 Å². The SMILES string of the molecule is CCCC[N+](C)(C)c1cccc(-c2ccccn2)c1. The minimum Gasteiger partial charge on any atom is -0.296 e. The van der Waals surface area contributed by atoms with Gasteiger partial charge in [0.15, 0.2) is 0 Å². The van der Waals surface area contributed by atoms with Gasteiger partial charge in [-0.05, 0) is 24.6 Å². The van der Waals surface area contributed by atoms with Gasteiger partial charge < -0.3 is 0 Å². The van der Waals surface area contributed by atoms with E-state index in [-0.39, 0.29) is 0 Å². The van der Waals surface area contributed by atoms with Crippen LogP contribution >= 0.6 is 0 Å². The van der Waals surface area contributed by atoms with E-state index in [4.69, 9.17) is 0 Å². The molecular weight excluding hydrogens is 232 g/mol. The van der Waals surface area contributed by atoms with Gasteiger partial charge >= 0.3 is 0 Å². The first-order valence-electron chi connectivity index (χ1n) is 6.98. The summed E-state index contributed by atoms with van der Waals surface area (Å²) in [5, 5.41) is 0. The lowest BCUT2D eigenvalue weighted by Gasteiger charge is -2.29. The largest absolute Gasteiger partial charge is 0.296 e. The first kappa shape index (κ1) is 13.8. The van der Waals surface area contributed by atoms with E-state index in [9.17, 15) is 0 Å². The van der Waals surface area contributed by atoms with Crippen molar-refractivity contribution in [2.45, 2.75) is 19.8 Å². The fourth-order valence-electron chi connectivity index (χ4n) is 2.26. The average Bonchev–Trinajstić information content (AvgIpc) is 2.46. The Labute approximate surface area is 116 Å². The molecule has 0 bridgehead atoms. The summed E-state index contributed by atoms with van der Waals surface area (Å²) in [5.74, 6) is 0. The van der Waals surface area contributed by atoms with Crippen LogP contribution in [0, 0.1) is 0 Å². The van der Waals surface area contributed by atoms with Crippen LogP contribution in [-0.4, -0.2) is 25.6 Å². The minimum absolute atomic E-state index is 0.925. The highest BCUT2D eigenvalue weighted by Gasteiger charge is 2.18. The molecule has 0 aliphatic heterocycles. The summed E-state index contributed by atoms with van der Waals surface area (Å²) < 4.78 is 0.925. The number of hydrogen-bond donors (Lipinski definition) is 0. The van der Waals surface area contributed by atoms with Gasteiger partial charge in [-0.25, -0.2) is 0 Å². The van der Waals surface area contributed by atoms with Gasteiger partial charge in [0, 0.05) is 17.8 Å². The molecule has 2 nitrogen and oxygen atoms in total. The van der Waals surface area contributed by atoms with E-state index >= 15 is 0 Å². The maximum Gasteiger partial charge on any atom is 0.133 e. The Morgan fingerprint density at radius 3 is 2.58 bits per heavy atom. The first-order chi connectivity index (χ1) is 9.13. The molecule has 2 rings (SSSR count). The molecule has 2 heteroatoms. The molecule has 0 amide bonds. The third-order valence-corrected chi connectivity index (χ3v) is 3.58. The normalized spacial score (nSPS) is 11.5. The fourth-order valence-corrected chi connectivity index (χ4v) is 2.26. The van der Waals surface area contributed by atoms with Crippen LogP contribution in [0.2, 0.25) is 0 Å². The highest BCUT2D eigenvalue weighted by Crippen LogP contribution is 2.26. The summed E-state index contributed by atoms with van der Waals surface area (Å²) >= 11 is 0. The van der Waals surface area contributed by atoms with E-state index in [1.54, 1.807) is 0 Å². The Morgan fingerprint density at radius 1 is 1.05 bits per heavy atom. The third kappa shape index (κ3) is 3.42. The number of benzene rings is 1. The van der Waals surface area contributed by atoms with Gasteiger partial charge in [-0.15, -0.1) is 0 Å². The number of quaternary nitrogens is 1. The zero-order valence-electron chi connectivity index (χ0n) is 12.1. The van der Waals surface area contributed by atoms with Crippen LogP contribution in [0.1, 0.15) is 19.8 Å². The fraction of sp³-hybridized carbons (Fsp3) is 0.353. The zero-order valence-corrected chi connectivity index (χ0v) is 12.1. The Hall–Kier alpha value is -1.67. The predicted molar refractivity (Wildman–Crippen MR) is 83.1 cm³/mol. The molecule has 0 fully saturated rings. The van der Waals surface area contributed by atoms with Gasteiger partial charge in [0.25, 0.3) is 0 Å². The van der Waals surface area contributed by atoms with Gasteiger partial charge in [0.05, 0.1) is 26.3 Å². The van der Waals surface area contributed by atoms with Gasteiger partial charge in [0.2, 0.25) is 0 Å². The third-order valence-electron chi connectivity index (χ3n) is 3.58. The lowest BCUT2D eigenvalue weighted by Crippen LogP contribution is -2.41. The standard InChI is InChI=1S/C17H23N2/c1-4-5-13-19(2,3)16-10-8-9-15(14-16)17-11-6-7-12-18-17/h6-12,14H,4-5,13H2,1-3H3/q+1. The molecule has 1 aromatic carbocycles. The summed E-state index contributed by atoms with van der Waals surface area (Å²) in [6.45, 7) is 3.41. The van der Waals surface area contributed by atoms with Crippen LogP contribution < -0.4 is 4.48 Å². The van der Waals surface area contributed by atoms with E-state index in [0.717, 1.165) is 10.2 Å². The van der Waals surface area contributed by atoms with Crippen molar-refractivity contribution in [2.24, 2.45) is 0 Å². The lowest BCUT2D eigenvalue weighted by molar-refractivity contribution is 0.388. The summed E-state index contributed by atoms with van der Waals surface area (Å²) in [6, 6.07) is 14.8. The van der Waals surface area contributed by atoms with Gasteiger partial charge in [-0.2, -0.15) is 0 Å². The molecule has 0 unspecified atom stereocenters. The molecule has 0 aliphatic carbocycles. The minimum atomic E-state index is 0.925. The number of nitrogens with zero attached hydrogens (tertiary/aromatic N) is 2. The highest BCUT2D eigenvalue weighted by molar-refractivity contribution is 5.64. The van der Waals surface area contributed by atoms with E-state index in [0.29, 0.717) is 0 Å². The Kier molecular flexibility index (Phi) is 4.33. The van der Waals surface area contributed by atoms with Crippen LogP contribution in [-0.2, 0) is 0 Å². The second kappa shape index (κ2) is 5.98. The lowest BCUT2D eigenvalue weighted by atomic mass is 10.1. The van der Waals surface area contributed by atoms with Crippen LogP contribution in [0.3, 0.4) is 0 Å². The Balaban J connectivity index is 2.29. The summed E-state index contributed by atoms with van der Waals surface area (Å²) in [4.78, 5) is 4.43. The monoisotopic (exact) mass is 255 g/mol. The van der Waals surface area contributed by atoms with Crippen molar-refractivity contribution < 1.29 is 0 Å². The molecule has 0 N–H and O–H groups in total. The van der Waals surface area contributed by atoms with Gasteiger partial charge in [-0.3, -0.25) is 9.47 Å². The van der Waals surface area contributed by atoms with Crippen molar-refractivity contribution in [2.75, 3.05) is 20.6 Å². The van der Waals surface area contributed by atoms with Crippen molar-refractivity contribution >= 4 is 5.69 Å². The Morgan fingerprint density at radius 2 is 1.89 bits per heavy atom. The molecule has 0 spiro atoms. The second-order valence-corrected chi connectivity index (χ2v) is 5.53. The molecule has 1 aromatic heterocycles. The van der Waals surface area contributed by atoms with Crippen molar-refractivity contribution in [3.8, 4) is 11.3 Å². The number of pyridine rings is 1. The summed E-state index contributed by atoms with van der Waals surface area (Å²) in [6.07, 6.45) is 4.33. The Bertz CT molecular complexity index is 518. The first-order valence-corrected chi connectivity index (χ1v) is 6.98. The quantitative estimate of drug-likeness (QED) is 0.732. The molecular formula is C17H23N2+. The summed E-state index contributed by atoms with van der Waals surface area (Å²) in [7, 11) is 4.54. The van der Waals surface area contributed by atoms with Gasteiger partial charge in [-0.1, -0.05) is 31.5 Å². The van der Waals surface area contributed by atoms with E-state index in [2.05, 4.69) is 56.3 Å². The van der Waals surface area contributed by atoms with Crippen LogP contribution in [0.4, 0.5) is 5.69 Å². The van der Waals surface area contributed by atoms with Crippen molar-refractivity contribution in [1.82, 2.24) is 9.47 Å². The van der Waals surface area contributed by atoms with E-state index < -0.39 is 0 Å². The molecule has 0 saturated carbocycles. The highest BCUT2D eigenvalue weighted by atomic mass is 15.3. The molecule has 0 atom stereocenters. The predicted octanol–water partition coefficient (Wildman–Crippen LogP) is 4.12. The second-order valence-electron chi connectivity index (χ2n) is 5.53. The maximum absolute atomic E-state index is 4.43. The molecule has 0 saturated heterocycles. The zero-order chi connectivity index (χ0) is 13.7. The number of aromatic nitrogens is 1. The smallest absolute Gasteiger partial charge is 0.133 e. The van der Waals surface area contributed by atoms with Crippen molar-refractivity contribution in [1.29, 1.82) is 0 Å². The van der Waals surface area contributed by atoms with Crippen LogP contribution in [0.5, 0.6) is 0 Å². The molecule has 0 radical (unpaired) electrons. The topological polar surface area (TPSA) is 12.9 Å². The average molecular weight is 255 g/mol. The number of unbranched alkanes of at least 4 members (excludes halogenated alkanes) is 1. The van der Waals surface area contributed by atoms with Gasteiger partial charge in [0.1, 0.15) is 5.69 Å². The molecule has 1 heterocycles. The number of rotatable bonds is 5. The molecule has 19 heavy (non-hydrogen) atoms. The maximum atomic E-state index is 4.43. The number of hydrogen-bond acceptors (Lipinski definition) is 1. The van der Waals surface area contributed by atoms with Crippen molar-refractivity contribution in [3.05, 3.63) is 48.7 Å². The molecule has 0 aliphatic rings. The summed E-state index contributed by atoms with van der Waals surface area (Å²) in [5.41, 5.74) is 3.58. The van der Waals surface area contributed by atoms with Crippen LogP contribution in [0.15, 0.2) is 48.7 Å². The van der Waals surface area contributed by atoms with E-state index in [1.807, 2.05) is 18.3 Å².